The van der Waals surface area contributed by atoms with Gasteiger partial charge >= 0.3 is 5.97 Å². The Balaban J connectivity index is 1.81. The summed E-state index contributed by atoms with van der Waals surface area (Å²) in [5.41, 5.74) is 5.18. The number of benzene rings is 1. The molecule has 6 heteroatoms. The average molecular weight is 285 g/mol. The summed E-state index contributed by atoms with van der Waals surface area (Å²) < 4.78 is 36.4. The van der Waals surface area contributed by atoms with Gasteiger partial charge in [-0.1, -0.05) is 0 Å². The van der Waals surface area contributed by atoms with Crippen LogP contribution in [0.2, 0.25) is 0 Å². The van der Waals surface area contributed by atoms with Gasteiger partial charge in [-0.25, -0.2) is 13.6 Å². The van der Waals surface area contributed by atoms with Crippen LogP contribution in [0.15, 0.2) is 12.1 Å². The lowest BCUT2D eigenvalue weighted by Crippen LogP contribution is -2.12. The molecule has 0 bridgehead atoms. The van der Waals surface area contributed by atoms with E-state index in [9.17, 15) is 13.6 Å². The highest BCUT2D eigenvalue weighted by Crippen LogP contribution is 2.19. The van der Waals surface area contributed by atoms with E-state index in [2.05, 4.69) is 0 Å². The van der Waals surface area contributed by atoms with E-state index in [4.69, 9.17) is 15.2 Å². The van der Waals surface area contributed by atoms with Gasteiger partial charge in [-0.2, -0.15) is 0 Å². The van der Waals surface area contributed by atoms with Crippen LogP contribution in [-0.4, -0.2) is 25.3 Å². The van der Waals surface area contributed by atoms with Gasteiger partial charge in [0, 0.05) is 18.4 Å². The van der Waals surface area contributed by atoms with Crippen LogP contribution in [0, 0.1) is 11.6 Å². The van der Waals surface area contributed by atoms with Crippen LogP contribution in [0.1, 0.15) is 36.0 Å². The number of carbonyl (C=O) groups is 1. The highest BCUT2D eigenvalue weighted by molar-refractivity contribution is 5.95. The van der Waals surface area contributed by atoms with Gasteiger partial charge in [-0.15, -0.1) is 0 Å². The van der Waals surface area contributed by atoms with Gasteiger partial charge in [-0.05, 0) is 31.7 Å². The number of carbonyl (C=O) groups excluding carboxylic acids is 1. The third kappa shape index (κ3) is 3.66. The minimum Gasteiger partial charge on any atom is -0.462 e. The quantitative estimate of drug-likeness (QED) is 0.513. The van der Waals surface area contributed by atoms with Gasteiger partial charge in [0.25, 0.3) is 0 Å². The summed E-state index contributed by atoms with van der Waals surface area (Å²) in [5.74, 6) is -2.95. The maximum Gasteiger partial charge on any atom is 0.340 e. The third-order valence-electron chi connectivity index (χ3n) is 3.24. The van der Waals surface area contributed by atoms with E-state index in [1.807, 2.05) is 0 Å². The predicted molar refractivity (Wildman–Crippen MR) is 69.3 cm³/mol. The zero-order valence-electron chi connectivity index (χ0n) is 11.0. The second kappa shape index (κ2) is 6.65. The average Bonchev–Trinajstić information content (AvgIpc) is 2.92. The van der Waals surface area contributed by atoms with Gasteiger partial charge in [0.15, 0.2) is 11.6 Å². The Hall–Kier alpha value is -1.69. The van der Waals surface area contributed by atoms with Crippen molar-refractivity contribution in [1.29, 1.82) is 0 Å². The minimum absolute atomic E-state index is 0.131. The summed E-state index contributed by atoms with van der Waals surface area (Å²) in [5, 5.41) is 0. The van der Waals surface area contributed by atoms with Crippen molar-refractivity contribution in [2.45, 2.75) is 31.8 Å². The Labute approximate surface area is 115 Å². The molecule has 2 N–H and O–H groups in total. The Morgan fingerprint density at radius 3 is 2.85 bits per heavy atom. The van der Waals surface area contributed by atoms with Crippen molar-refractivity contribution in [3.63, 3.8) is 0 Å². The Kier molecular flexibility index (Phi) is 4.89. The molecule has 0 radical (unpaired) electrons. The van der Waals surface area contributed by atoms with Gasteiger partial charge in [0.2, 0.25) is 0 Å². The van der Waals surface area contributed by atoms with Gasteiger partial charge in [0.05, 0.1) is 18.3 Å². The normalized spacial score (nSPS) is 18.2. The van der Waals surface area contributed by atoms with Crippen LogP contribution in [0.25, 0.3) is 0 Å². The molecule has 20 heavy (non-hydrogen) atoms. The molecule has 1 aromatic rings. The summed E-state index contributed by atoms with van der Waals surface area (Å²) in [6, 6.07) is 1.53. The monoisotopic (exact) mass is 285 g/mol. The first-order valence-electron chi connectivity index (χ1n) is 6.61. The number of halogens is 2. The predicted octanol–water partition coefficient (Wildman–Crippen LogP) is 2.66. The molecule has 1 fully saturated rings. The van der Waals surface area contributed by atoms with E-state index in [0.717, 1.165) is 38.0 Å². The van der Waals surface area contributed by atoms with Crippen molar-refractivity contribution < 1.29 is 23.0 Å². The first-order valence-corrected chi connectivity index (χ1v) is 6.61. The molecule has 110 valence electrons. The van der Waals surface area contributed by atoms with Crippen molar-refractivity contribution in [3.8, 4) is 0 Å². The highest BCUT2D eigenvalue weighted by Gasteiger charge is 2.17. The molecule has 1 heterocycles. The van der Waals surface area contributed by atoms with Crippen molar-refractivity contribution in [3.05, 3.63) is 29.3 Å². The topological polar surface area (TPSA) is 61.6 Å². The number of nitrogen functional groups attached to an aromatic ring is 1. The largest absolute Gasteiger partial charge is 0.462 e. The van der Waals surface area contributed by atoms with Crippen LogP contribution in [0.5, 0.6) is 0 Å². The fourth-order valence-corrected chi connectivity index (χ4v) is 2.16. The number of nitrogens with two attached hydrogens (primary N) is 1. The number of rotatable bonds is 5. The molecule has 1 aliphatic heterocycles. The SMILES string of the molecule is Nc1cc(F)c(F)cc1C(=O)OCCCC1CCCO1. The van der Waals surface area contributed by atoms with Gasteiger partial charge in [0.1, 0.15) is 0 Å². The third-order valence-corrected chi connectivity index (χ3v) is 3.24. The van der Waals surface area contributed by atoms with Crippen molar-refractivity contribution in [2.75, 3.05) is 18.9 Å². The first kappa shape index (κ1) is 14.7. The minimum atomic E-state index is -1.12. The molecule has 1 unspecified atom stereocenters. The number of hydrogen-bond acceptors (Lipinski definition) is 4. The van der Waals surface area contributed by atoms with E-state index >= 15 is 0 Å². The molecular weight excluding hydrogens is 268 g/mol. The maximum absolute atomic E-state index is 13.1. The van der Waals surface area contributed by atoms with E-state index in [1.165, 1.54) is 0 Å². The summed E-state index contributed by atoms with van der Waals surface area (Å²) >= 11 is 0. The second-order valence-electron chi connectivity index (χ2n) is 4.77. The molecule has 2 rings (SSSR count). The molecule has 1 aliphatic rings. The van der Waals surface area contributed by atoms with E-state index in [-0.39, 0.29) is 24.0 Å². The molecule has 1 atom stereocenters. The summed E-state index contributed by atoms with van der Waals surface area (Å²) in [4.78, 5) is 11.7. The Morgan fingerprint density at radius 2 is 2.15 bits per heavy atom. The molecule has 0 aliphatic carbocycles. The highest BCUT2D eigenvalue weighted by atomic mass is 19.2. The van der Waals surface area contributed by atoms with Crippen molar-refractivity contribution in [2.24, 2.45) is 0 Å². The van der Waals surface area contributed by atoms with Gasteiger partial charge in [-0.3, -0.25) is 0 Å². The summed E-state index contributed by atoms with van der Waals surface area (Å²) in [7, 11) is 0. The molecule has 0 saturated carbocycles. The van der Waals surface area contributed by atoms with Crippen LogP contribution in [0.4, 0.5) is 14.5 Å². The van der Waals surface area contributed by atoms with Crippen molar-refractivity contribution >= 4 is 11.7 Å². The molecule has 1 aromatic carbocycles. The first-order chi connectivity index (χ1) is 9.58. The second-order valence-corrected chi connectivity index (χ2v) is 4.77. The standard InChI is InChI=1S/C14H17F2NO3/c15-11-7-10(13(17)8-12(11)16)14(18)20-6-2-4-9-3-1-5-19-9/h7-9H,1-6,17H2. The molecule has 0 spiro atoms. The van der Waals surface area contributed by atoms with Crippen LogP contribution in [-0.2, 0) is 9.47 Å². The number of esters is 1. The molecule has 4 nitrogen and oxygen atoms in total. The summed E-state index contributed by atoms with van der Waals surface area (Å²) in [6.07, 6.45) is 3.82. The van der Waals surface area contributed by atoms with E-state index < -0.39 is 17.6 Å². The lowest BCUT2D eigenvalue weighted by atomic mass is 10.1. The Morgan fingerprint density at radius 1 is 1.40 bits per heavy atom. The van der Waals surface area contributed by atoms with E-state index in [0.29, 0.717) is 6.42 Å². The molecule has 0 amide bonds. The number of hydrogen-bond donors (Lipinski definition) is 1. The molecular formula is C14H17F2NO3. The number of anilines is 1. The van der Waals surface area contributed by atoms with Crippen LogP contribution < -0.4 is 5.73 Å². The number of ether oxygens (including phenoxy) is 2. The smallest absolute Gasteiger partial charge is 0.340 e. The zero-order chi connectivity index (χ0) is 14.5. The fourth-order valence-electron chi connectivity index (χ4n) is 2.16. The molecule has 0 aromatic heterocycles. The maximum atomic E-state index is 13.1. The fraction of sp³-hybridized carbons (Fsp3) is 0.500. The van der Waals surface area contributed by atoms with Crippen molar-refractivity contribution in [1.82, 2.24) is 0 Å². The van der Waals surface area contributed by atoms with Crippen LogP contribution in [0.3, 0.4) is 0 Å². The lowest BCUT2D eigenvalue weighted by molar-refractivity contribution is 0.0462. The zero-order valence-corrected chi connectivity index (χ0v) is 11.0. The van der Waals surface area contributed by atoms with Gasteiger partial charge < -0.3 is 15.2 Å². The van der Waals surface area contributed by atoms with Crippen LogP contribution >= 0.6 is 0 Å². The Bertz CT molecular complexity index is 488. The lowest BCUT2D eigenvalue weighted by Gasteiger charge is -2.10. The van der Waals surface area contributed by atoms with E-state index in [1.54, 1.807) is 0 Å². The summed E-state index contributed by atoms with van der Waals surface area (Å²) in [6.45, 7) is 0.993. The molecule has 1 saturated heterocycles.